The quantitative estimate of drug-likeness (QED) is 0.234. The summed E-state index contributed by atoms with van der Waals surface area (Å²) in [5.74, 6) is 0. The van der Waals surface area contributed by atoms with Crippen LogP contribution < -0.4 is 0 Å². The first-order valence-corrected chi connectivity index (χ1v) is 6.84. The summed E-state index contributed by atoms with van der Waals surface area (Å²) in [5.41, 5.74) is 0. The van der Waals surface area contributed by atoms with Gasteiger partial charge in [0.2, 0.25) is 0 Å². The summed E-state index contributed by atoms with van der Waals surface area (Å²) in [4.78, 5) is 0. The van der Waals surface area contributed by atoms with E-state index in [1.165, 1.54) is 57.8 Å². The summed E-state index contributed by atoms with van der Waals surface area (Å²) in [7, 11) is 0. The average molecular weight is 220 g/mol. The SMILES string of the molecule is C=CC=CCCCCC=CCCCCCC. The van der Waals surface area contributed by atoms with E-state index in [2.05, 4.69) is 31.7 Å². The van der Waals surface area contributed by atoms with Crippen LogP contribution in [0.5, 0.6) is 0 Å². The van der Waals surface area contributed by atoms with Gasteiger partial charge in [0.1, 0.15) is 0 Å². The van der Waals surface area contributed by atoms with E-state index in [-0.39, 0.29) is 0 Å². The van der Waals surface area contributed by atoms with Gasteiger partial charge in [-0.15, -0.1) is 0 Å². The summed E-state index contributed by atoms with van der Waals surface area (Å²) < 4.78 is 0. The lowest BCUT2D eigenvalue weighted by atomic mass is 10.1. The van der Waals surface area contributed by atoms with Gasteiger partial charge in [0, 0.05) is 0 Å². The molecule has 0 aromatic rings. The highest BCUT2D eigenvalue weighted by Crippen LogP contribution is 2.05. The molecule has 0 heterocycles. The predicted molar refractivity (Wildman–Crippen MR) is 75.7 cm³/mol. The largest absolute Gasteiger partial charge is 0.0991 e. The third kappa shape index (κ3) is 13.2. The second-order valence-electron chi connectivity index (χ2n) is 4.27. The maximum Gasteiger partial charge on any atom is -0.0348 e. The third-order valence-corrected chi connectivity index (χ3v) is 2.65. The normalized spacial score (nSPS) is 11.6. The minimum atomic E-state index is 1.19. The van der Waals surface area contributed by atoms with Crippen LogP contribution in [-0.2, 0) is 0 Å². The zero-order valence-corrected chi connectivity index (χ0v) is 11.0. The van der Waals surface area contributed by atoms with Crippen molar-refractivity contribution in [3.63, 3.8) is 0 Å². The molecule has 0 fully saturated rings. The average Bonchev–Trinajstić information content (AvgIpc) is 2.31. The molecule has 0 amide bonds. The van der Waals surface area contributed by atoms with E-state index in [1.807, 2.05) is 12.2 Å². The minimum absolute atomic E-state index is 1.19. The summed E-state index contributed by atoms with van der Waals surface area (Å²) in [5, 5.41) is 0. The number of hydrogen-bond acceptors (Lipinski definition) is 0. The van der Waals surface area contributed by atoms with Gasteiger partial charge in [0.25, 0.3) is 0 Å². The van der Waals surface area contributed by atoms with Crippen molar-refractivity contribution in [1.82, 2.24) is 0 Å². The van der Waals surface area contributed by atoms with Crippen molar-refractivity contribution in [3.8, 4) is 0 Å². The summed E-state index contributed by atoms with van der Waals surface area (Å²) in [6.07, 6.45) is 22.6. The summed E-state index contributed by atoms with van der Waals surface area (Å²) in [6, 6.07) is 0. The number of hydrogen-bond donors (Lipinski definition) is 0. The molecule has 0 saturated carbocycles. The standard InChI is InChI=1S/C16H28/c1-3-5-7-9-11-13-15-16-14-12-10-8-6-4-2/h3,5,7,14,16H,1,4,6,8-13,15H2,2H3. The highest BCUT2D eigenvalue weighted by Gasteiger charge is 1.85. The molecule has 0 bridgehead atoms. The molecule has 0 N–H and O–H groups in total. The number of unbranched alkanes of at least 4 members (excludes halogenated alkanes) is 7. The first-order chi connectivity index (χ1) is 7.91. The number of rotatable bonds is 11. The Morgan fingerprint density at radius 3 is 1.88 bits per heavy atom. The van der Waals surface area contributed by atoms with E-state index in [1.54, 1.807) is 0 Å². The molecule has 0 heteroatoms. The van der Waals surface area contributed by atoms with Gasteiger partial charge >= 0.3 is 0 Å². The monoisotopic (exact) mass is 220 g/mol. The lowest BCUT2D eigenvalue weighted by molar-refractivity contribution is 0.673. The Balaban J connectivity index is 3.09. The molecule has 0 unspecified atom stereocenters. The zero-order valence-electron chi connectivity index (χ0n) is 11.0. The maximum atomic E-state index is 3.65. The molecule has 16 heavy (non-hydrogen) atoms. The third-order valence-electron chi connectivity index (χ3n) is 2.65. The minimum Gasteiger partial charge on any atom is -0.0991 e. The molecule has 0 spiro atoms. The van der Waals surface area contributed by atoms with Crippen LogP contribution >= 0.6 is 0 Å². The molecule has 0 aliphatic carbocycles. The van der Waals surface area contributed by atoms with Crippen LogP contribution in [0.4, 0.5) is 0 Å². The van der Waals surface area contributed by atoms with E-state index < -0.39 is 0 Å². The Morgan fingerprint density at radius 1 is 0.750 bits per heavy atom. The van der Waals surface area contributed by atoms with Crippen LogP contribution in [0, 0.1) is 0 Å². The van der Waals surface area contributed by atoms with Crippen molar-refractivity contribution in [2.75, 3.05) is 0 Å². The van der Waals surface area contributed by atoms with Gasteiger partial charge in [-0.3, -0.25) is 0 Å². The van der Waals surface area contributed by atoms with Crippen molar-refractivity contribution < 1.29 is 0 Å². The lowest BCUT2D eigenvalue weighted by Gasteiger charge is -1.95. The zero-order chi connectivity index (χ0) is 11.9. The molecule has 0 aromatic heterocycles. The summed E-state index contributed by atoms with van der Waals surface area (Å²) >= 11 is 0. The van der Waals surface area contributed by atoms with E-state index >= 15 is 0 Å². The van der Waals surface area contributed by atoms with Crippen LogP contribution in [0.1, 0.15) is 64.7 Å². The van der Waals surface area contributed by atoms with Gasteiger partial charge in [-0.2, -0.15) is 0 Å². The maximum absolute atomic E-state index is 3.65. The van der Waals surface area contributed by atoms with Crippen LogP contribution in [0.15, 0.2) is 37.0 Å². The van der Waals surface area contributed by atoms with Crippen molar-refractivity contribution in [3.05, 3.63) is 37.0 Å². The smallest absolute Gasteiger partial charge is 0.0348 e. The van der Waals surface area contributed by atoms with E-state index in [9.17, 15) is 0 Å². The molecule has 92 valence electrons. The van der Waals surface area contributed by atoms with Crippen LogP contribution in [0.2, 0.25) is 0 Å². The van der Waals surface area contributed by atoms with Gasteiger partial charge in [0.05, 0.1) is 0 Å². The van der Waals surface area contributed by atoms with Gasteiger partial charge in [0.15, 0.2) is 0 Å². The molecule has 0 radical (unpaired) electrons. The Hall–Kier alpha value is -0.780. The highest BCUT2D eigenvalue weighted by atomic mass is 13.9. The Kier molecular flexibility index (Phi) is 13.5. The molecule has 0 nitrogen and oxygen atoms in total. The van der Waals surface area contributed by atoms with Gasteiger partial charge in [-0.25, -0.2) is 0 Å². The highest BCUT2D eigenvalue weighted by molar-refractivity contribution is 4.96. The summed E-state index contributed by atoms with van der Waals surface area (Å²) in [6.45, 7) is 5.91. The molecule has 0 aliphatic heterocycles. The van der Waals surface area contributed by atoms with Crippen molar-refractivity contribution >= 4 is 0 Å². The lowest BCUT2D eigenvalue weighted by Crippen LogP contribution is -1.75. The molecule has 0 aromatic carbocycles. The van der Waals surface area contributed by atoms with Crippen LogP contribution in [-0.4, -0.2) is 0 Å². The first-order valence-electron chi connectivity index (χ1n) is 6.84. The Bertz CT molecular complexity index is 186. The molecule has 0 rings (SSSR count). The topological polar surface area (TPSA) is 0 Å². The van der Waals surface area contributed by atoms with E-state index in [4.69, 9.17) is 0 Å². The molecular formula is C16H28. The fourth-order valence-electron chi connectivity index (χ4n) is 1.64. The molecule has 0 saturated heterocycles. The Labute approximate surface area is 102 Å². The molecule has 0 atom stereocenters. The van der Waals surface area contributed by atoms with Crippen molar-refractivity contribution in [2.24, 2.45) is 0 Å². The van der Waals surface area contributed by atoms with Crippen LogP contribution in [0.25, 0.3) is 0 Å². The molecule has 0 aliphatic rings. The number of allylic oxidation sites excluding steroid dienone is 5. The van der Waals surface area contributed by atoms with E-state index in [0.717, 1.165) is 0 Å². The fraction of sp³-hybridized carbons (Fsp3) is 0.625. The molecular weight excluding hydrogens is 192 g/mol. The van der Waals surface area contributed by atoms with Gasteiger partial charge < -0.3 is 0 Å². The fourth-order valence-corrected chi connectivity index (χ4v) is 1.64. The second-order valence-corrected chi connectivity index (χ2v) is 4.27. The van der Waals surface area contributed by atoms with Crippen molar-refractivity contribution in [1.29, 1.82) is 0 Å². The van der Waals surface area contributed by atoms with Gasteiger partial charge in [-0.05, 0) is 38.5 Å². The predicted octanol–water partition coefficient (Wildman–Crippen LogP) is 5.82. The Morgan fingerprint density at radius 2 is 1.31 bits per heavy atom. The van der Waals surface area contributed by atoms with E-state index in [0.29, 0.717) is 0 Å². The van der Waals surface area contributed by atoms with Crippen molar-refractivity contribution in [2.45, 2.75) is 64.7 Å². The van der Waals surface area contributed by atoms with Crippen LogP contribution in [0.3, 0.4) is 0 Å². The first kappa shape index (κ1) is 15.2. The second kappa shape index (κ2) is 14.2. The van der Waals surface area contributed by atoms with Gasteiger partial charge in [-0.1, -0.05) is 63.1 Å².